The van der Waals surface area contributed by atoms with Gasteiger partial charge in [-0.25, -0.2) is 8.42 Å². The fourth-order valence-corrected chi connectivity index (χ4v) is 3.52. The third-order valence-electron chi connectivity index (χ3n) is 3.05. The summed E-state index contributed by atoms with van der Waals surface area (Å²) in [5.41, 5.74) is 1.40. The van der Waals surface area contributed by atoms with Crippen LogP contribution in [-0.2, 0) is 15.3 Å². The second-order valence-corrected chi connectivity index (χ2v) is 7.57. The van der Waals surface area contributed by atoms with Gasteiger partial charge in [-0.3, -0.25) is 0 Å². The van der Waals surface area contributed by atoms with E-state index >= 15 is 0 Å². The fourth-order valence-electron chi connectivity index (χ4n) is 1.97. The van der Waals surface area contributed by atoms with Crippen molar-refractivity contribution >= 4 is 15.5 Å². The van der Waals surface area contributed by atoms with Crippen molar-refractivity contribution in [2.75, 3.05) is 11.1 Å². The number of fused-ring (bicyclic) bond motifs is 1. The number of nitriles is 1. The number of nitrogens with one attached hydrogen (secondary N) is 1. The summed E-state index contributed by atoms with van der Waals surface area (Å²) in [6, 6.07) is 6.66. The zero-order chi connectivity index (χ0) is 13.6. The molecule has 4 nitrogen and oxygen atoms in total. The average Bonchev–Trinajstić information content (AvgIpc) is 2.26. The Labute approximate surface area is 108 Å². The smallest absolute Gasteiger partial charge is 0.183 e. The van der Waals surface area contributed by atoms with E-state index in [1.165, 1.54) is 0 Å². The Balaban J connectivity index is 2.59. The summed E-state index contributed by atoms with van der Waals surface area (Å²) in [5.74, 6) is -0.163. The molecular formula is C13H16N2O2S. The van der Waals surface area contributed by atoms with Crippen molar-refractivity contribution in [3.63, 3.8) is 0 Å². The maximum absolute atomic E-state index is 12.1. The third kappa shape index (κ3) is 2.21. The second kappa shape index (κ2) is 3.99. The molecule has 1 aromatic carbocycles. The topological polar surface area (TPSA) is 70.0 Å². The molecule has 0 aromatic heterocycles. The summed E-state index contributed by atoms with van der Waals surface area (Å²) in [7, 11) is -3.37. The first kappa shape index (κ1) is 12.9. The molecule has 0 fully saturated rings. The molecule has 1 aromatic rings. The highest BCUT2D eigenvalue weighted by molar-refractivity contribution is 7.91. The molecule has 18 heavy (non-hydrogen) atoms. The minimum absolute atomic E-state index is 0.101. The lowest BCUT2D eigenvalue weighted by Gasteiger charge is -2.26. The number of rotatable bonds is 0. The number of hydrogen-bond donors (Lipinski definition) is 1. The fraction of sp³-hybridized carbons (Fsp3) is 0.462. The molecule has 0 amide bonds. The van der Waals surface area contributed by atoms with Crippen LogP contribution in [0.15, 0.2) is 23.1 Å². The van der Waals surface area contributed by atoms with Gasteiger partial charge in [0.1, 0.15) is 6.04 Å². The molecule has 1 atom stereocenters. The van der Waals surface area contributed by atoms with Gasteiger partial charge in [-0.05, 0) is 23.1 Å². The van der Waals surface area contributed by atoms with Crippen molar-refractivity contribution in [1.82, 2.24) is 0 Å². The van der Waals surface area contributed by atoms with Crippen LogP contribution in [0.5, 0.6) is 0 Å². The Morgan fingerprint density at radius 1 is 1.39 bits per heavy atom. The molecule has 1 aliphatic rings. The lowest BCUT2D eigenvalue weighted by Crippen LogP contribution is -2.33. The monoisotopic (exact) mass is 264 g/mol. The summed E-state index contributed by atoms with van der Waals surface area (Å²) in [4.78, 5) is 0.307. The highest BCUT2D eigenvalue weighted by Crippen LogP contribution is 2.33. The van der Waals surface area contributed by atoms with E-state index in [-0.39, 0.29) is 11.2 Å². The van der Waals surface area contributed by atoms with Crippen LogP contribution < -0.4 is 5.32 Å². The summed E-state index contributed by atoms with van der Waals surface area (Å²) in [5, 5.41) is 11.8. The van der Waals surface area contributed by atoms with Crippen LogP contribution in [0, 0.1) is 11.3 Å². The van der Waals surface area contributed by atoms with E-state index in [0.717, 1.165) is 5.56 Å². The van der Waals surface area contributed by atoms with E-state index in [4.69, 9.17) is 5.26 Å². The van der Waals surface area contributed by atoms with E-state index in [9.17, 15) is 8.42 Å². The maximum atomic E-state index is 12.1. The summed E-state index contributed by atoms with van der Waals surface area (Å²) >= 11 is 0. The zero-order valence-corrected chi connectivity index (χ0v) is 11.5. The van der Waals surface area contributed by atoms with Gasteiger partial charge in [0.05, 0.1) is 22.4 Å². The van der Waals surface area contributed by atoms with Crippen LogP contribution >= 0.6 is 0 Å². The van der Waals surface area contributed by atoms with E-state index in [1.807, 2.05) is 32.9 Å². The number of sulfone groups is 1. The molecule has 96 valence electrons. The Kier molecular flexibility index (Phi) is 2.86. The number of hydrogen-bond acceptors (Lipinski definition) is 4. The first-order valence-electron chi connectivity index (χ1n) is 5.77. The highest BCUT2D eigenvalue weighted by Gasteiger charge is 2.31. The van der Waals surface area contributed by atoms with Gasteiger partial charge in [0, 0.05) is 0 Å². The molecule has 5 heteroatoms. The lowest BCUT2D eigenvalue weighted by atomic mass is 9.87. The summed E-state index contributed by atoms with van der Waals surface area (Å²) < 4.78 is 24.3. The molecular weight excluding hydrogens is 248 g/mol. The first-order chi connectivity index (χ1) is 8.24. The number of nitrogens with zero attached hydrogens (tertiary/aromatic N) is 1. The quantitative estimate of drug-likeness (QED) is 0.778. The lowest BCUT2D eigenvalue weighted by molar-refractivity contribution is 0.581. The van der Waals surface area contributed by atoms with Gasteiger partial charge in [0.25, 0.3) is 0 Å². The third-order valence-corrected chi connectivity index (χ3v) is 4.83. The average molecular weight is 264 g/mol. The normalized spacial score (nSPS) is 21.6. The molecule has 1 aliphatic heterocycles. The van der Waals surface area contributed by atoms with Crippen molar-refractivity contribution in [1.29, 1.82) is 5.26 Å². The van der Waals surface area contributed by atoms with Crippen molar-refractivity contribution in [2.45, 2.75) is 37.1 Å². The largest absolute Gasteiger partial charge is 0.368 e. The van der Waals surface area contributed by atoms with Gasteiger partial charge < -0.3 is 5.32 Å². The molecule has 0 saturated heterocycles. The number of benzene rings is 1. The van der Waals surface area contributed by atoms with E-state index in [0.29, 0.717) is 10.6 Å². The van der Waals surface area contributed by atoms with Gasteiger partial charge in [-0.2, -0.15) is 5.26 Å². The molecule has 0 radical (unpaired) electrons. The summed E-state index contributed by atoms with van der Waals surface area (Å²) in [6.45, 7) is 6.11. The second-order valence-electron chi connectivity index (χ2n) is 5.57. The molecule has 1 heterocycles. The standard InChI is InChI=1S/C13H16N2O2S/c1-13(2,3)9-4-5-11-12(6-9)18(16,17)8-10(7-14)15-11/h4-6,10,15H,8H2,1-3H3. The maximum Gasteiger partial charge on any atom is 0.183 e. The van der Waals surface area contributed by atoms with Crippen molar-refractivity contribution in [3.8, 4) is 6.07 Å². The SMILES string of the molecule is CC(C)(C)c1ccc2c(c1)S(=O)(=O)CC(C#N)N2. The van der Waals surface area contributed by atoms with Crippen LogP contribution in [0.25, 0.3) is 0 Å². The van der Waals surface area contributed by atoms with E-state index < -0.39 is 15.9 Å². The zero-order valence-electron chi connectivity index (χ0n) is 10.7. The van der Waals surface area contributed by atoms with Crippen LogP contribution in [0.3, 0.4) is 0 Å². The van der Waals surface area contributed by atoms with Crippen LogP contribution in [0.4, 0.5) is 5.69 Å². The molecule has 0 bridgehead atoms. The van der Waals surface area contributed by atoms with Crippen molar-refractivity contribution in [2.24, 2.45) is 0 Å². The summed E-state index contributed by atoms with van der Waals surface area (Å²) in [6.07, 6.45) is 0. The Bertz CT molecular complexity index is 621. The molecule has 1 unspecified atom stereocenters. The van der Waals surface area contributed by atoms with E-state index in [2.05, 4.69) is 5.32 Å². The number of anilines is 1. The molecule has 1 N–H and O–H groups in total. The van der Waals surface area contributed by atoms with Crippen LogP contribution in [0.1, 0.15) is 26.3 Å². The highest BCUT2D eigenvalue weighted by atomic mass is 32.2. The molecule has 0 spiro atoms. The van der Waals surface area contributed by atoms with Crippen LogP contribution in [0.2, 0.25) is 0 Å². The Hall–Kier alpha value is -1.54. The Morgan fingerprint density at radius 3 is 2.61 bits per heavy atom. The minimum atomic E-state index is -3.37. The van der Waals surface area contributed by atoms with E-state index in [1.54, 1.807) is 12.1 Å². The van der Waals surface area contributed by atoms with Gasteiger partial charge in [-0.1, -0.05) is 26.8 Å². The predicted octanol–water partition coefficient (Wildman–Crippen LogP) is 2.08. The first-order valence-corrected chi connectivity index (χ1v) is 7.43. The van der Waals surface area contributed by atoms with Crippen molar-refractivity contribution < 1.29 is 8.42 Å². The molecule has 2 rings (SSSR count). The van der Waals surface area contributed by atoms with Gasteiger partial charge in [-0.15, -0.1) is 0 Å². The minimum Gasteiger partial charge on any atom is -0.368 e. The van der Waals surface area contributed by atoms with Crippen LogP contribution in [-0.4, -0.2) is 20.2 Å². The Morgan fingerprint density at radius 2 is 2.06 bits per heavy atom. The van der Waals surface area contributed by atoms with Gasteiger partial charge in [0.2, 0.25) is 0 Å². The molecule has 0 saturated carbocycles. The van der Waals surface area contributed by atoms with Gasteiger partial charge >= 0.3 is 0 Å². The molecule has 0 aliphatic carbocycles. The van der Waals surface area contributed by atoms with Gasteiger partial charge in [0.15, 0.2) is 9.84 Å². The predicted molar refractivity (Wildman–Crippen MR) is 70.2 cm³/mol. The van der Waals surface area contributed by atoms with Crippen molar-refractivity contribution in [3.05, 3.63) is 23.8 Å².